The summed E-state index contributed by atoms with van der Waals surface area (Å²) in [7, 11) is 1.55. The highest BCUT2D eigenvalue weighted by molar-refractivity contribution is 7.09. The van der Waals surface area contributed by atoms with E-state index in [-0.39, 0.29) is 11.8 Å². The lowest BCUT2D eigenvalue weighted by molar-refractivity contribution is 0.0925. The lowest BCUT2D eigenvalue weighted by Gasteiger charge is -2.07. The molecular formula is C16H20N4O3S. The van der Waals surface area contributed by atoms with Gasteiger partial charge in [-0.3, -0.25) is 9.59 Å². The molecule has 0 fully saturated rings. The summed E-state index contributed by atoms with van der Waals surface area (Å²) in [5, 5.41) is 8.00. The van der Waals surface area contributed by atoms with Crippen molar-refractivity contribution in [2.75, 3.05) is 26.7 Å². The molecule has 0 bridgehead atoms. The topological polar surface area (TPSA) is 106 Å². The standard InChI is InChI=1S/C16H20N4O3S/c1-23-12-4-2-3-11(9-12)15(21)18-7-8-19-16(22)13-10-24-14(20-13)5-6-17/h2-4,9-10H,5-8,17H2,1H3,(H,18,21)(H,19,22). The van der Waals surface area contributed by atoms with Crippen LogP contribution in [0, 0.1) is 0 Å². The van der Waals surface area contributed by atoms with Crippen molar-refractivity contribution in [3.8, 4) is 5.75 Å². The molecular weight excluding hydrogens is 328 g/mol. The summed E-state index contributed by atoms with van der Waals surface area (Å²) in [6.07, 6.45) is 0.661. The number of methoxy groups -OCH3 is 1. The third-order valence-corrected chi connectivity index (χ3v) is 4.08. The van der Waals surface area contributed by atoms with Crippen LogP contribution in [-0.4, -0.2) is 43.5 Å². The molecule has 1 heterocycles. The molecule has 0 atom stereocenters. The summed E-state index contributed by atoms with van der Waals surface area (Å²) in [5.41, 5.74) is 6.34. The average Bonchev–Trinajstić information content (AvgIpc) is 3.07. The maximum atomic E-state index is 12.0. The Morgan fingerprint density at radius 2 is 2.00 bits per heavy atom. The summed E-state index contributed by atoms with van der Waals surface area (Å²) < 4.78 is 5.08. The molecule has 0 unspecified atom stereocenters. The molecule has 0 spiro atoms. The van der Waals surface area contributed by atoms with E-state index in [1.807, 2.05) is 0 Å². The van der Waals surface area contributed by atoms with Crippen molar-refractivity contribution in [1.82, 2.24) is 15.6 Å². The van der Waals surface area contributed by atoms with Gasteiger partial charge in [0.25, 0.3) is 11.8 Å². The van der Waals surface area contributed by atoms with Crippen LogP contribution in [0.2, 0.25) is 0 Å². The van der Waals surface area contributed by atoms with Crippen molar-refractivity contribution in [3.05, 3.63) is 45.9 Å². The second-order valence-corrected chi connectivity index (χ2v) is 5.85. The van der Waals surface area contributed by atoms with Gasteiger partial charge in [0.2, 0.25) is 0 Å². The Kier molecular flexibility index (Phi) is 6.71. The van der Waals surface area contributed by atoms with E-state index in [4.69, 9.17) is 10.5 Å². The van der Waals surface area contributed by atoms with Crippen molar-refractivity contribution in [3.63, 3.8) is 0 Å². The molecule has 0 radical (unpaired) electrons. The van der Waals surface area contributed by atoms with E-state index in [0.29, 0.717) is 43.1 Å². The summed E-state index contributed by atoms with van der Waals surface area (Å²) in [5.74, 6) is 0.139. The van der Waals surface area contributed by atoms with Crippen molar-refractivity contribution in [1.29, 1.82) is 0 Å². The molecule has 1 aromatic carbocycles. The number of hydrogen-bond acceptors (Lipinski definition) is 6. The first-order chi connectivity index (χ1) is 11.6. The number of nitrogens with zero attached hydrogens (tertiary/aromatic N) is 1. The molecule has 0 aliphatic carbocycles. The normalized spacial score (nSPS) is 10.2. The van der Waals surface area contributed by atoms with Gasteiger partial charge in [-0.15, -0.1) is 11.3 Å². The highest BCUT2D eigenvalue weighted by Crippen LogP contribution is 2.12. The van der Waals surface area contributed by atoms with Crippen LogP contribution in [-0.2, 0) is 6.42 Å². The molecule has 8 heteroatoms. The number of aromatic nitrogens is 1. The minimum absolute atomic E-state index is 0.220. The van der Waals surface area contributed by atoms with Gasteiger partial charge in [0.05, 0.1) is 12.1 Å². The molecule has 2 rings (SSSR count). The Balaban J connectivity index is 1.75. The van der Waals surface area contributed by atoms with Crippen molar-refractivity contribution >= 4 is 23.2 Å². The van der Waals surface area contributed by atoms with Crippen LogP contribution in [0.25, 0.3) is 0 Å². The number of carbonyl (C=O) groups excluding carboxylic acids is 2. The predicted molar refractivity (Wildman–Crippen MR) is 92.5 cm³/mol. The number of thiazole rings is 1. The number of carbonyl (C=O) groups is 2. The lowest BCUT2D eigenvalue weighted by Crippen LogP contribution is -2.34. The zero-order valence-electron chi connectivity index (χ0n) is 13.4. The summed E-state index contributed by atoms with van der Waals surface area (Å²) in [6.45, 7) is 1.14. The Morgan fingerprint density at radius 3 is 2.71 bits per heavy atom. The van der Waals surface area contributed by atoms with E-state index in [2.05, 4.69) is 15.6 Å². The fourth-order valence-corrected chi connectivity index (χ4v) is 2.76. The van der Waals surface area contributed by atoms with Crippen molar-refractivity contribution in [2.24, 2.45) is 5.73 Å². The Labute approximate surface area is 144 Å². The zero-order valence-corrected chi connectivity index (χ0v) is 14.2. The quantitative estimate of drug-likeness (QED) is 0.612. The fraction of sp³-hybridized carbons (Fsp3) is 0.312. The predicted octanol–water partition coefficient (Wildman–Crippen LogP) is 0.813. The van der Waals surface area contributed by atoms with E-state index >= 15 is 0 Å². The van der Waals surface area contributed by atoms with E-state index in [9.17, 15) is 9.59 Å². The summed E-state index contributed by atoms with van der Waals surface area (Å²) >= 11 is 1.41. The molecule has 2 amide bonds. The number of rotatable bonds is 8. The summed E-state index contributed by atoms with van der Waals surface area (Å²) in [6, 6.07) is 6.87. The van der Waals surface area contributed by atoms with Crippen LogP contribution in [0.3, 0.4) is 0 Å². The maximum Gasteiger partial charge on any atom is 0.270 e. The highest BCUT2D eigenvalue weighted by atomic mass is 32.1. The van der Waals surface area contributed by atoms with E-state index < -0.39 is 0 Å². The Hall–Kier alpha value is -2.45. The smallest absolute Gasteiger partial charge is 0.270 e. The van der Waals surface area contributed by atoms with Crippen LogP contribution in [0.4, 0.5) is 0 Å². The van der Waals surface area contributed by atoms with Gasteiger partial charge < -0.3 is 21.1 Å². The van der Waals surface area contributed by atoms with Gasteiger partial charge >= 0.3 is 0 Å². The summed E-state index contributed by atoms with van der Waals surface area (Å²) in [4.78, 5) is 28.1. The van der Waals surface area contributed by atoms with Crippen LogP contribution in [0.15, 0.2) is 29.6 Å². The first-order valence-electron chi connectivity index (χ1n) is 7.49. The van der Waals surface area contributed by atoms with Crippen LogP contribution in [0.5, 0.6) is 5.75 Å². The van der Waals surface area contributed by atoms with Gasteiger partial charge in [-0.25, -0.2) is 4.98 Å². The first kappa shape index (κ1) is 17.9. The van der Waals surface area contributed by atoms with Crippen molar-refractivity contribution < 1.29 is 14.3 Å². The fourth-order valence-electron chi connectivity index (χ4n) is 1.96. The molecule has 0 aliphatic rings. The second-order valence-electron chi connectivity index (χ2n) is 4.91. The number of ether oxygens (including phenoxy) is 1. The number of amides is 2. The van der Waals surface area contributed by atoms with Crippen LogP contribution in [0.1, 0.15) is 25.9 Å². The molecule has 128 valence electrons. The van der Waals surface area contributed by atoms with Gasteiger partial charge in [-0.1, -0.05) is 6.07 Å². The third kappa shape index (κ3) is 5.04. The molecule has 2 aromatic rings. The minimum atomic E-state index is -0.259. The maximum absolute atomic E-state index is 12.0. The number of benzene rings is 1. The monoisotopic (exact) mass is 348 g/mol. The third-order valence-electron chi connectivity index (χ3n) is 3.17. The van der Waals surface area contributed by atoms with Gasteiger partial charge in [-0.2, -0.15) is 0 Å². The molecule has 1 aromatic heterocycles. The molecule has 0 aliphatic heterocycles. The molecule has 0 saturated carbocycles. The first-order valence-corrected chi connectivity index (χ1v) is 8.37. The highest BCUT2D eigenvalue weighted by Gasteiger charge is 2.10. The largest absolute Gasteiger partial charge is 0.497 e. The zero-order chi connectivity index (χ0) is 17.4. The van der Waals surface area contributed by atoms with Gasteiger partial charge in [0.15, 0.2) is 0 Å². The number of hydrogen-bond donors (Lipinski definition) is 3. The molecule has 0 saturated heterocycles. The lowest BCUT2D eigenvalue weighted by atomic mass is 10.2. The van der Waals surface area contributed by atoms with E-state index in [1.54, 1.807) is 36.8 Å². The molecule has 4 N–H and O–H groups in total. The molecule has 24 heavy (non-hydrogen) atoms. The van der Waals surface area contributed by atoms with Gasteiger partial charge in [0.1, 0.15) is 11.4 Å². The van der Waals surface area contributed by atoms with E-state index in [1.165, 1.54) is 11.3 Å². The second kappa shape index (κ2) is 8.99. The average molecular weight is 348 g/mol. The van der Waals surface area contributed by atoms with Crippen molar-refractivity contribution in [2.45, 2.75) is 6.42 Å². The molecule has 7 nitrogen and oxygen atoms in total. The van der Waals surface area contributed by atoms with E-state index in [0.717, 1.165) is 5.01 Å². The Bertz CT molecular complexity index is 702. The van der Waals surface area contributed by atoms with Crippen LogP contribution >= 0.6 is 11.3 Å². The SMILES string of the molecule is COc1cccc(C(=O)NCCNC(=O)c2csc(CCN)n2)c1. The van der Waals surface area contributed by atoms with Crippen LogP contribution < -0.4 is 21.1 Å². The van der Waals surface area contributed by atoms with Gasteiger partial charge in [-0.05, 0) is 24.7 Å². The number of nitrogens with two attached hydrogens (primary N) is 1. The Morgan fingerprint density at radius 1 is 1.25 bits per heavy atom. The van der Waals surface area contributed by atoms with Gasteiger partial charge in [0, 0.05) is 30.5 Å². The number of nitrogens with one attached hydrogen (secondary N) is 2. The minimum Gasteiger partial charge on any atom is -0.497 e.